The fraction of sp³-hybridized carbons (Fsp3) is 0.600. The van der Waals surface area contributed by atoms with E-state index in [1.165, 1.54) is 5.56 Å². The first-order valence-corrected chi connectivity index (χ1v) is 9.65. The Hall–Kier alpha value is -2.28. The molecule has 7 heteroatoms. The number of benzene rings is 1. The van der Waals surface area contributed by atoms with Crippen molar-refractivity contribution < 1.29 is 14.3 Å². The SMILES string of the molecule is CCNC(=NCCc1ccc(OCC(=O)NC2CC2)cc1)NC(C)COC. The molecule has 1 atom stereocenters. The van der Waals surface area contributed by atoms with Crippen LogP contribution in [0.3, 0.4) is 0 Å². The Labute approximate surface area is 161 Å². The highest BCUT2D eigenvalue weighted by Crippen LogP contribution is 2.18. The van der Waals surface area contributed by atoms with Gasteiger partial charge < -0.3 is 25.4 Å². The van der Waals surface area contributed by atoms with Crippen molar-refractivity contribution in [3.63, 3.8) is 0 Å². The molecule has 0 spiro atoms. The minimum Gasteiger partial charge on any atom is -0.484 e. The van der Waals surface area contributed by atoms with E-state index in [0.717, 1.165) is 31.8 Å². The standard InChI is InChI=1S/C20H32N4O3/c1-4-21-20(23-15(2)13-26-3)22-12-11-16-5-9-18(10-6-16)27-14-19(25)24-17-7-8-17/h5-6,9-10,15,17H,4,7-8,11-14H2,1-3H3,(H,24,25)(H2,21,22,23). The minimum atomic E-state index is -0.0536. The average molecular weight is 377 g/mol. The van der Waals surface area contributed by atoms with Gasteiger partial charge in [-0.3, -0.25) is 9.79 Å². The minimum absolute atomic E-state index is 0.0536. The number of nitrogens with one attached hydrogen (secondary N) is 3. The number of nitrogens with zero attached hydrogens (tertiary/aromatic N) is 1. The molecule has 0 radical (unpaired) electrons. The molecule has 3 N–H and O–H groups in total. The Morgan fingerprint density at radius 1 is 1.30 bits per heavy atom. The number of amides is 1. The van der Waals surface area contributed by atoms with Crippen LogP contribution in [0.5, 0.6) is 5.75 Å². The van der Waals surface area contributed by atoms with Gasteiger partial charge in [-0.05, 0) is 50.8 Å². The lowest BCUT2D eigenvalue weighted by molar-refractivity contribution is -0.123. The molecule has 0 heterocycles. The Kier molecular flexibility index (Phi) is 8.91. The van der Waals surface area contributed by atoms with Gasteiger partial charge in [0.2, 0.25) is 0 Å². The molecule has 1 aromatic carbocycles. The molecule has 0 bridgehead atoms. The third kappa shape index (κ3) is 8.77. The molecule has 1 saturated carbocycles. The van der Waals surface area contributed by atoms with Gasteiger partial charge in [0, 0.05) is 32.3 Å². The van der Waals surface area contributed by atoms with Crippen LogP contribution in [-0.2, 0) is 16.0 Å². The fourth-order valence-electron chi connectivity index (χ4n) is 2.54. The highest BCUT2D eigenvalue weighted by atomic mass is 16.5. The smallest absolute Gasteiger partial charge is 0.258 e. The van der Waals surface area contributed by atoms with E-state index in [1.807, 2.05) is 31.2 Å². The lowest BCUT2D eigenvalue weighted by Gasteiger charge is -2.17. The van der Waals surface area contributed by atoms with Crippen molar-refractivity contribution in [3.8, 4) is 5.75 Å². The van der Waals surface area contributed by atoms with E-state index in [1.54, 1.807) is 7.11 Å². The fourth-order valence-corrected chi connectivity index (χ4v) is 2.54. The van der Waals surface area contributed by atoms with E-state index < -0.39 is 0 Å². The summed E-state index contributed by atoms with van der Waals surface area (Å²) in [5.74, 6) is 1.45. The Morgan fingerprint density at radius 3 is 2.67 bits per heavy atom. The number of methoxy groups -OCH3 is 1. The number of carbonyl (C=O) groups excluding carboxylic acids is 1. The predicted molar refractivity (Wildman–Crippen MR) is 107 cm³/mol. The van der Waals surface area contributed by atoms with E-state index in [0.29, 0.717) is 24.9 Å². The van der Waals surface area contributed by atoms with Crippen molar-refractivity contribution in [3.05, 3.63) is 29.8 Å². The summed E-state index contributed by atoms with van der Waals surface area (Å²) in [5, 5.41) is 9.46. The quantitative estimate of drug-likeness (QED) is 0.402. The van der Waals surface area contributed by atoms with E-state index in [9.17, 15) is 4.79 Å². The maximum Gasteiger partial charge on any atom is 0.258 e. The second kappa shape index (κ2) is 11.4. The average Bonchev–Trinajstić information content (AvgIpc) is 3.45. The first-order valence-electron chi connectivity index (χ1n) is 9.65. The van der Waals surface area contributed by atoms with Crippen LogP contribution in [0.15, 0.2) is 29.3 Å². The van der Waals surface area contributed by atoms with Gasteiger partial charge >= 0.3 is 0 Å². The first kappa shape index (κ1) is 21.0. The van der Waals surface area contributed by atoms with Gasteiger partial charge in [-0.1, -0.05) is 12.1 Å². The summed E-state index contributed by atoms with van der Waals surface area (Å²) in [6.07, 6.45) is 3.00. The molecule has 2 rings (SSSR count). The highest BCUT2D eigenvalue weighted by molar-refractivity contribution is 5.80. The normalized spacial score (nSPS) is 15.1. The summed E-state index contributed by atoms with van der Waals surface area (Å²) in [4.78, 5) is 16.2. The molecular formula is C20H32N4O3. The van der Waals surface area contributed by atoms with E-state index in [4.69, 9.17) is 9.47 Å². The van der Waals surface area contributed by atoms with Crippen molar-refractivity contribution in [2.75, 3.05) is 33.4 Å². The second-order valence-electron chi connectivity index (χ2n) is 6.79. The van der Waals surface area contributed by atoms with E-state index in [2.05, 4.69) is 27.9 Å². The predicted octanol–water partition coefficient (Wildman–Crippen LogP) is 1.48. The topological polar surface area (TPSA) is 84.0 Å². The van der Waals surface area contributed by atoms with Gasteiger partial charge in [-0.25, -0.2) is 0 Å². The molecule has 1 aromatic rings. The molecule has 1 aliphatic rings. The Bertz CT molecular complexity index is 600. The van der Waals surface area contributed by atoms with E-state index in [-0.39, 0.29) is 18.6 Å². The second-order valence-corrected chi connectivity index (χ2v) is 6.79. The summed E-state index contributed by atoms with van der Waals surface area (Å²) in [6.45, 7) is 6.29. The summed E-state index contributed by atoms with van der Waals surface area (Å²) < 4.78 is 10.7. The lowest BCUT2D eigenvalue weighted by atomic mass is 10.1. The molecule has 0 aliphatic heterocycles. The highest BCUT2D eigenvalue weighted by Gasteiger charge is 2.23. The number of carbonyl (C=O) groups is 1. The monoisotopic (exact) mass is 376 g/mol. The van der Waals surface area contributed by atoms with Crippen molar-refractivity contribution in [1.29, 1.82) is 0 Å². The lowest BCUT2D eigenvalue weighted by Crippen LogP contribution is -2.44. The number of ether oxygens (including phenoxy) is 2. The number of aliphatic imine (C=N–C) groups is 1. The van der Waals surface area contributed by atoms with Crippen LogP contribution in [0.1, 0.15) is 32.3 Å². The van der Waals surface area contributed by atoms with Gasteiger partial charge in [-0.2, -0.15) is 0 Å². The molecule has 27 heavy (non-hydrogen) atoms. The van der Waals surface area contributed by atoms with Gasteiger partial charge in [0.05, 0.1) is 6.61 Å². The van der Waals surface area contributed by atoms with Gasteiger partial charge in [0.1, 0.15) is 5.75 Å². The zero-order valence-corrected chi connectivity index (χ0v) is 16.6. The summed E-state index contributed by atoms with van der Waals surface area (Å²) in [5.41, 5.74) is 1.18. The number of hydrogen-bond acceptors (Lipinski definition) is 4. The molecule has 1 amide bonds. The number of guanidine groups is 1. The Morgan fingerprint density at radius 2 is 2.04 bits per heavy atom. The van der Waals surface area contributed by atoms with Crippen LogP contribution < -0.4 is 20.7 Å². The van der Waals surface area contributed by atoms with Crippen molar-refractivity contribution in [2.45, 2.75) is 45.2 Å². The van der Waals surface area contributed by atoms with Gasteiger partial charge in [0.15, 0.2) is 12.6 Å². The van der Waals surface area contributed by atoms with Crippen molar-refractivity contribution >= 4 is 11.9 Å². The van der Waals surface area contributed by atoms with Crippen molar-refractivity contribution in [2.24, 2.45) is 4.99 Å². The first-order chi connectivity index (χ1) is 13.1. The molecule has 1 fully saturated rings. The molecule has 0 saturated heterocycles. The maximum absolute atomic E-state index is 11.6. The Balaban J connectivity index is 1.74. The molecular weight excluding hydrogens is 344 g/mol. The zero-order chi connectivity index (χ0) is 19.5. The number of rotatable bonds is 11. The molecule has 0 aromatic heterocycles. The molecule has 150 valence electrons. The van der Waals surface area contributed by atoms with E-state index >= 15 is 0 Å². The van der Waals surface area contributed by atoms with Crippen molar-refractivity contribution in [1.82, 2.24) is 16.0 Å². The zero-order valence-electron chi connectivity index (χ0n) is 16.6. The van der Waals surface area contributed by atoms with Crippen LogP contribution >= 0.6 is 0 Å². The largest absolute Gasteiger partial charge is 0.484 e. The third-order valence-electron chi connectivity index (χ3n) is 4.05. The molecule has 1 aliphatic carbocycles. The van der Waals surface area contributed by atoms with Crippen LogP contribution in [0.25, 0.3) is 0 Å². The van der Waals surface area contributed by atoms with Crippen LogP contribution in [-0.4, -0.2) is 57.4 Å². The molecule has 1 unspecified atom stereocenters. The summed E-state index contributed by atoms with van der Waals surface area (Å²) >= 11 is 0. The van der Waals surface area contributed by atoms with Gasteiger partial charge in [-0.15, -0.1) is 0 Å². The number of hydrogen-bond donors (Lipinski definition) is 3. The summed E-state index contributed by atoms with van der Waals surface area (Å²) in [6, 6.07) is 8.38. The third-order valence-corrected chi connectivity index (χ3v) is 4.05. The molecule has 7 nitrogen and oxygen atoms in total. The van der Waals surface area contributed by atoms with Crippen LogP contribution in [0.2, 0.25) is 0 Å². The van der Waals surface area contributed by atoms with Crippen LogP contribution in [0.4, 0.5) is 0 Å². The van der Waals surface area contributed by atoms with Crippen LogP contribution in [0, 0.1) is 0 Å². The summed E-state index contributed by atoms with van der Waals surface area (Å²) in [7, 11) is 1.69. The maximum atomic E-state index is 11.6. The van der Waals surface area contributed by atoms with Gasteiger partial charge in [0.25, 0.3) is 5.91 Å².